The van der Waals surface area contributed by atoms with Gasteiger partial charge in [-0.2, -0.15) is 0 Å². The van der Waals surface area contributed by atoms with Crippen LogP contribution in [-0.2, 0) is 17.6 Å². The predicted octanol–water partition coefficient (Wildman–Crippen LogP) is 6.16. The number of hydrogen-bond acceptors (Lipinski definition) is 2. The molecule has 0 radical (unpaired) electrons. The summed E-state index contributed by atoms with van der Waals surface area (Å²) in [6.07, 6.45) is 5.87. The topological polar surface area (TPSA) is 30.2 Å². The van der Waals surface area contributed by atoms with Crippen LogP contribution in [0.15, 0.2) is 65.3 Å². The highest BCUT2D eigenvalue weighted by Gasteiger charge is 2.26. The minimum absolute atomic E-state index is 0.181. The van der Waals surface area contributed by atoms with Gasteiger partial charge in [0.25, 0.3) is 0 Å². The molecule has 1 aliphatic carbocycles. The molecule has 2 heteroatoms. The molecule has 0 saturated heterocycles. The van der Waals surface area contributed by atoms with Gasteiger partial charge in [0.05, 0.1) is 12.2 Å². The summed E-state index contributed by atoms with van der Waals surface area (Å²) in [6.45, 7) is 1.91. The van der Waals surface area contributed by atoms with Crippen molar-refractivity contribution >= 4 is 27.8 Å². The Hall–Kier alpha value is -2.87. The number of rotatable bonds is 3. The Labute approximate surface area is 158 Å². The quantitative estimate of drug-likeness (QED) is 0.326. The molecule has 0 fully saturated rings. The van der Waals surface area contributed by atoms with Crippen molar-refractivity contribution in [3.8, 4) is 0 Å². The number of carbonyl (C=O) groups is 1. The number of hydrogen-bond donors (Lipinski definition) is 0. The molecular formula is C25H22O2. The maximum absolute atomic E-state index is 11.2. The summed E-state index contributed by atoms with van der Waals surface area (Å²) in [4.78, 5) is 11.2. The minimum Gasteiger partial charge on any atom is -0.468 e. The Balaban J connectivity index is 1.57. The van der Waals surface area contributed by atoms with E-state index in [1.54, 1.807) is 6.26 Å². The Kier molecular flexibility index (Phi) is 3.86. The van der Waals surface area contributed by atoms with Crippen LogP contribution in [0.25, 0.3) is 21.5 Å². The van der Waals surface area contributed by atoms with E-state index in [1.807, 2.05) is 6.92 Å². The molecule has 1 aliphatic rings. The predicted molar refractivity (Wildman–Crippen MR) is 109 cm³/mol. The van der Waals surface area contributed by atoms with E-state index in [1.165, 1.54) is 38.2 Å². The molecule has 0 N–H and O–H groups in total. The summed E-state index contributed by atoms with van der Waals surface area (Å²) >= 11 is 0. The lowest BCUT2D eigenvalue weighted by atomic mass is 9.77. The molecule has 27 heavy (non-hydrogen) atoms. The van der Waals surface area contributed by atoms with Crippen molar-refractivity contribution < 1.29 is 9.21 Å². The summed E-state index contributed by atoms with van der Waals surface area (Å²) in [5.41, 5.74) is 4.13. The Bertz CT molecular complexity index is 1150. The van der Waals surface area contributed by atoms with E-state index < -0.39 is 0 Å². The molecule has 0 bridgehead atoms. The maximum atomic E-state index is 11.2. The lowest BCUT2D eigenvalue weighted by Crippen LogP contribution is -2.14. The van der Waals surface area contributed by atoms with Crippen molar-refractivity contribution in [2.24, 2.45) is 0 Å². The normalized spacial score (nSPS) is 17.7. The molecule has 2 unspecified atom stereocenters. The van der Waals surface area contributed by atoms with E-state index in [2.05, 4.69) is 54.6 Å². The van der Waals surface area contributed by atoms with Crippen molar-refractivity contribution in [2.75, 3.05) is 0 Å². The first-order valence-electron chi connectivity index (χ1n) is 9.71. The molecule has 1 heterocycles. The second kappa shape index (κ2) is 6.38. The number of aryl methyl sites for hydroxylation is 1. The summed E-state index contributed by atoms with van der Waals surface area (Å²) in [6, 6.07) is 19.8. The van der Waals surface area contributed by atoms with Crippen LogP contribution < -0.4 is 0 Å². The molecule has 2 nitrogen and oxygen atoms in total. The second-order valence-electron chi connectivity index (χ2n) is 7.69. The summed E-state index contributed by atoms with van der Waals surface area (Å²) in [5, 5.41) is 5.36. The van der Waals surface area contributed by atoms with Crippen molar-refractivity contribution in [3.63, 3.8) is 0 Å². The zero-order chi connectivity index (χ0) is 18.4. The first kappa shape index (κ1) is 16.3. The smallest absolute Gasteiger partial charge is 0.130 e. The Morgan fingerprint density at radius 3 is 2.74 bits per heavy atom. The van der Waals surface area contributed by atoms with Gasteiger partial charge in [0.2, 0.25) is 0 Å². The lowest BCUT2D eigenvalue weighted by Gasteiger charge is -2.26. The fourth-order valence-electron chi connectivity index (χ4n) is 4.73. The molecule has 0 spiro atoms. The zero-order valence-electron chi connectivity index (χ0n) is 15.4. The largest absolute Gasteiger partial charge is 0.468 e. The molecule has 0 aliphatic heterocycles. The van der Waals surface area contributed by atoms with E-state index in [-0.39, 0.29) is 5.92 Å². The first-order valence-corrected chi connectivity index (χ1v) is 9.71. The van der Waals surface area contributed by atoms with Crippen LogP contribution in [0.4, 0.5) is 0 Å². The van der Waals surface area contributed by atoms with Gasteiger partial charge in [-0.15, -0.1) is 0 Å². The molecule has 4 aromatic rings. The fourth-order valence-corrected chi connectivity index (χ4v) is 4.73. The van der Waals surface area contributed by atoms with Gasteiger partial charge in [0.1, 0.15) is 12.0 Å². The van der Waals surface area contributed by atoms with Crippen LogP contribution in [0, 0.1) is 0 Å². The van der Waals surface area contributed by atoms with Crippen LogP contribution in [0.3, 0.4) is 0 Å². The third kappa shape index (κ3) is 2.59. The van der Waals surface area contributed by atoms with Crippen molar-refractivity contribution in [1.82, 2.24) is 0 Å². The van der Waals surface area contributed by atoms with Gasteiger partial charge in [-0.05, 0) is 76.4 Å². The number of benzene rings is 3. The average Bonchev–Trinajstić information content (AvgIpc) is 3.22. The standard InChI is InChI=1S/C25H22O2/c1-16(15-26)25-22(12-13-27-25)19-7-9-21-18(14-19)8-11-23-20-5-3-2-4-17(20)6-10-24(21)23/h2-6,8,10-13,15-16,19H,7,9,14H2,1H3. The first-order chi connectivity index (χ1) is 13.3. The highest BCUT2D eigenvalue weighted by molar-refractivity contribution is 6.08. The molecule has 0 saturated carbocycles. The Morgan fingerprint density at radius 1 is 1.00 bits per heavy atom. The molecule has 2 atom stereocenters. The average molecular weight is 354 g/mol. The number of furan rings is 1. The van der Waals surface area contributed by atoms with Crippen molar-refractivity contribution in [1.29, 1.82) is 0 Å². The van der Waals surface area contributed by atoms with Gasteiger partial charge in [0, 0.05) is 0 Å². The molecule has 0 amide bonds. The molecular weight excluding hydrogens is 332 g/mol. The van der Waals surface area contributed by atoms with Gasteiger partial charge >= 0.3 is 0 Å². The molecule has 1 aromatic heterocycles. The zero-order valence-corrected chi connectivity index (χ0v) is 15.4. The van der Waals surface area contributed by atoms with Crippen LogP contribution in [0.1, 0.15) is 47.6 Å². The van der Waals surface area contributed by atoms with E-state index >= 15 is 0 Å². The van der Waals surface area contributed by atoms with Gasteiger partial charge in [-0.3, -0.25) is 0 Å². The van der Waals surface area contributed by atoms with Gasteiger partial charge in [-0.25, -0.2) is 0 Å². The Morgan fingerprint density at radius 2 is 1.85 bits per heavy atom. The second-order valence-corrected chi connectivity index (χ2v) is 7.69. The molecule has 5 rings (SSSR count). The summed E-state index contributed by atoms with van der Waals surface area (Å²) in [5.74, 6) is 1.08. The minimum atomic E-state index is -0.181. The van der Waals surface area contributed by atoms with Gasteiger partial charge < -0.3 is 9.21 Å². The van der Waals surface area contributed by atoms with E-state index in [4.69, 9.17) is 4.42 Å². The highest BCUT2D eigenvalue weighted by Crippen LogP contribution is 2.40. The molecule has 134 valence electrons. The number of fused-ring (bicyclic) bond motifs is 5. The third-order valence-electron chi connectivity index (χ3n) is 6.13. The van der Waals surface area contributed by atoms with Crippen molar-refractivity contribution in [2.45, 2.75) is 38.0 Å². The van der Waals surface area contributed by atoms with Gasteiger partial charge in [-0.1, -0.05) is 48.5 Å². The fraction of sp³-hybridized carbons (Fsp3) is 0.240. The maximum Gasteiger partial charge on any atom is 0.130 e. The number of carbonyl (C=O) groups excluding carboxylic acids is 1. The van der Waals surface area contributed by atoms with Crippen molar-refractivity contribution in [3.05, 3.63) is 83.3 Å². The van der Waals surface area contributed by atoms with Crippen LogP contribution >= 0.6 is 0 Å². The van der Waals surface area contributed by atoms with E-state index in [9.17, 15) is 4.79 Å². The van der Waals surface area contributed by atoms with E-state index in [0.29, 0.717) is 5.92 Å². The highest BCUT2D eigenvalue weighted by atomic mass is 16.3. The SMILES string of the molecule is CC(C=O)c1occc1C1CCc2c(ccc3c2ccc2ccccc23)C1. The number of aldehydes is 1. The summed E-state index contributed by atoms with van der Waals surface area (Å²) in [7, 11) is 0. The lowest BCUT2D eigenvalue weighted by molar-refractivity contribution is -0.109. The van der Waals surface area contributed by atoms with Crippen LogP contribution in [0.5, 0.6) is 0 Å². The molecule has 3 aromatic carbocycles. The van der Waals surface area contributed by atoms with Crippen LogP contribution in [-0.4, -0.2) is 6.29 Å². The third-order valence-corrected chi connectivity index (χ3v) is 6.13. The summed E-state index contributed by atoms with van der Waals surface area (Å²) < 4.78 is 5.65. The monoisotopic (exact) mass is 354 g/mol. The van der Waals surface area contributed by atoms with E-state index in [0.717, 1.165) is 31.3 Å². The van der Waals surface area contributed by atoms with Gasteiger partial charge in [0.15, 0.2) is 0 Å². The van der Waals surface area contributed by atoms with Crippen LogP contribution in [0.2, 0.25) is 0 Å².